The van der Waals surface area contributed by atoms with E-state index in [1.54, 1.807) is 30.2 Å². The Kier molecular flexibility index (Phi) is 5.77. The van der Waals surface area contributed by atoms with Gasteiger partial charge in [0.2, 0.25) is 0 Å². The number of hydrogen-bond acceptors (Lipinski definition) is 8. The molecule has 1 aliphatic carbocycles. The Balaban J connectivity index is 1.30. The van der Waals surface area contributed by atoms with Gasteiger partial charge in [0.15, 0.2) is 17.3 Å². The van der Waals surface area contributed by atoms with Crippen LogP contribution in [0.25, 0.3) is 34.1 Å². The molecule has 0 saturated carbocycles. The van der Waals surface area contributed by atoms with Crippen molar-refractivity contribution in [1.29, 1.82) is 0 Å². The highest BCUT2D eigenvalue weighted by Crippen LogP contribution is 2.36. The van der Waals surface area contributed by atoms with Gasteiger partial charge in [0, 0.05) is 30.5 Å². The second-order valence-corrected chi connectivity index (χ2v) is 10.1. The molecule has 41 heavy (non-hydrogen) atoms. The molecule has 0 bridgehead atoms. The van der Waals surface area contributed by atoms with E-state index in [1.807, 2.05) is 54.1 Å². The molecule has 11 nitrogen and oxygen atoms in total. The van der Waals surface area contributed by atoms with Crippen molar-refractivity contribution in [3.63, 3.8) is 0 Å². The number of rotatable bonds is 5. The van der Waals surface area contributed by atoms with Crippen molar-refractivity contribution in [2.24, 2.45) is 0 Å². The first-order valence-corrected chi connectivity index (χ1v) is 13.3. The number of benzene rings is 1. The highest BCUT2D eigenvalue weighted by molar-refractivity contribution is 5.93. The van der Waals surface area contributed by atoms with Gasteiger partial charge >= 0.3 is 0 Å². The molecule has 3 N–H and O–H groups in total. The van der Waals surface area contributed by atoms with Crippen LogP contribution in [0, 0.1) is 13.8 Å². The van der Waals surface area contributed by atoms with Crippen LogP contribution in [0.3, 0.4) is 0 Å². The summed E-state index contributed by atoms with van der Waals surface area (Å²) in [6.07, 6.45) is 8.45. The first kappa shape index (κ1) is 24.6. The van der Waals surface area contributed by atoms with Crippen LogP contribution in [0.4, 0.5) is 5.82 Å². The number of hydrogen-bond donors (Lipinski definition) is 2. The predicted molar refractivity (Wildman–Crippen MR) is 154 cm³/mol. The van der Waals surface area contributed by atoms with Gasteiger partial charge in [-0.25, -0.2) is 24.6 Å². The molecule has 202 valence electrons. The number of nitrogens with zero attached hydrogens (tertiary/aromatic N) is 8. The molecule has 1 aromatic carbocycles. The highest BCUT2D eigenvalue weighted by atomic mass is 16.2. The Hall–Kier alpha value is -5.45. The zero-order valence-electron chi connectivity index (χ0n) is 22.5. The van der Waals surface area contributed by atoms with E-state index in [-0.39, 0.29) is 11.9 Å². The number of aromatic nitrogens is 8. The first-order chi connectivity index (χ1) is 20.0. The Morgan fingerprint density at radius 1 is 1.02 bits per heavy atom. The number of aryl methyl sites for hydroxylation is 3. The van der Waals surface area contributed by atoms with Crippen molar-refractivity contribution < 1.29 is 4.79 Å². The van der Waals surface area contributed by atoms with Gasteiger partial charge in [-0.05, 0) is 80.3 Å². The van der Waals surface area contributed by atoms with Gasteiger partial charge in [0.25, 0.3) is 5.91 Å². The van der Waals surface area contributed by atoms with Crippen LogP contribution in [0.15, 0.2) is 73.3 Å². The Labute approximate surface area is 235 Å². The molecule has 1 atom stereocenters. The third kappa shape index (κ3) is 4.27. The van der Waals surface area contributed by atoms with Crippen LogP contribution < -0.4 is 11.1 Å². The van der Waals surface area contributed by atoms with Gasteiger partial charge in [-0.2, -0.15) is 5.10 Å². The number of amides is 1. The Morgan fingerprint density at radius 3 is 2.73 bits per heavy atom. The molecule has 1 aliphatic rings. The Morgan fingerprint density at radius 2 is 1.93 bits per heavy atom. The van der Waals surface area contributed by atoms with Crippen molar-refractivity contribution >= 4 is 22.9 Å². The lowest BCUT2D eigenvalue weighted by Crippen LogP contribution is -2.29. The van der Waals surface area contributed by atoms with E-state index >= 15 is 0 Å². The first-order valence-electron chi connectivity index (χ1n) is 13.3. The maximum absolute atomic E-state index is 13.0. The van der Waals surface area contributed by atoms with Crippen LogP contribution in [0.5, 0.6) is 0 Å². The fourth-order valence-electron chi connectivity index (χ4n) is 5.45. The van der Waals surface area contributed by atoms with E-state index in [4.69, 9.17) is 15.7 Å². The third-order valence-electron chi connectivity index (χ3n) is 7.36. The summed E-state index contributed by atoms with van der Waals surface area (Å²) in [7, 11) is 0. The maximum Gasteiger partial charge on any atom is 0.272 e. The largest absolute Gasteiger partial charge is 0.383 e. The summed E-state index contributed by atoms with van der Waals surface area (Å²) in [5, 5.41) is 7.49. The van der Waals surface area contributed by atoms with Gasteiger partial charge in [-0.3, -0.25) is 14.3 Å². The van der Waals surface area contributed by atoms with E-state index < -0.39 is 0 Å². The minimum absolute atomic E-state index is 0.119. The molecule has 0 unspecified atom stereocenters. The topological polar surface area (TPSA) is 142 Å². The van der Waals surface area contributed by atoms with Crippen LogP contribution >= 0.6 is 0 Å². The molecule has 7 rings (SSSR count). The summed E-state index contributed by atoms with van der Waals surface area (Å²) in [6, 6.07) is 15.5. The lowest BCUT2D eigenvalue weighted by Gasteiger charge is -2.16. The monoisotopic (exact) mass is 542 g/mol. The van der Waals surface area contributed by atoms with Crippen LogP contribution in [-0.4, -0.2) is 45.2 Å². The molecule has 0 spiro atoms. The van der Waals surface area contributed by atoms with Crippen LogP contribution in [0.2, 0.25) is 0 Å². The summed E-state index contributed by atoms with van der Waals surface area (Å²) in [4.78, 5) is 35.9. The SMILES string of the molecule is Cc1cnc(C(=O)N[C@H]2CCc3cc(-n4c(-c5cccnc5N)nc5ccc(-n6cccn6)nc54)ccc32)c(C)n1. The number of pyridine rings is 2. The van der Waals surface area contributed by atoms with Crippen molar-refractivity contribution in [2.45, 2.75) is 32.7 Å². The van der Waals surface area contributed by atoms with E-state index in [0.717, 1.165) is 40.9 Å². The summed E-state index contributed by atoms with van der Waals surface area (Å²) in [5.74, 6) is 1.48. The standard InChI is InChI=1S/C30H26N10O/c1-17-16-33-26(18(2)35-17)30(41)37-23-9-6-19-15-20(7-8-21(19)23)40-28(22-5-3-12-32-27(22)31)36-24-10-11-25(38-29(24)40)39-14-4-13-34-39/h3-5,7-8,10-16,23H,6,9H2,1-2H3,(H2,31,32)(H,37,41)/t23-/m0/s1. The van der Waals surface area contributed by atoms with Gasteiger partial charge in [-0.15, -0.1) is 0 Å². The number of nitrogens with two attached hydrogens (primary N) is 1. The second-order valence-electron chi connectivity index (χ2n) is 10.1. The van der Waals surface area contributed by atoms with Crippen LogP contribution in [0.1, 0.15) is 45.5 Å². The number of fused-ring (bicyclic) bond motifs is 2. The van der Waals surface area contributed by atoms with Crippen molar-refractivity contribution in [3.8, 4) is 22.9 Å². The van der Waals surface area contributed by atoms with Gasteiger partial charge < -0.3 is 11.1 Å². The smallest absolute Gasteiger partial charge is 0.272 e. The molecule has 1 amide bonds. The van der Waals surface area contributed by atoms with E-state index in [1.165, 1.54) is 0 Å². The summed E-state index contributed by atoms with van der Waals surface area (Å²) >= 11 is 0. The molecule has 0 aliphatic heterocycles. The lowest BCUT2D eigenvalue weighted by atomic mass is 10.1. The average molecular weight is 543 g/mol. The van der Waals surface area contributed by atoms with Crippen LogP contribution in [-0.2, 0) is 6.42 Å². The fourth-order valence-corrected chi connectivity index (χ4v) is 5.45. The molecule has 5 heterocycles. The van der Waals surface area contributed by atoms with E-state index in [9.17, 15) is 4.79 Å². The number of nitrogen functional groups attached to an aromatic ring is 1. The molecule has 0 radical (unpaired) electrons. The van der Waals surface area contributed by atoms with E-state index in [2.05, 4.69) is 37.5 Å². The maximum atomic E-state index is 13.0. The van der Waals surface area contributed by atoms with E-state index in [0.29, 0.717) is 40.1 Å². The fraction of sp³-hybridized carbons (Fsp3) is 0.167. The predicted octanol–water partition coefficient (Wildman–Crippen LogP) is 4.07. The van der Waals surface area contributed by atoms with Gasteiger partial charge in [0.05, 0.1) is 23.0 Å². The molecule has 6 aromatic rings. The molecule has 5 aromatic heterocycles. The molecule has 0 saturated heterocycles. The number of anilines is 1. The third-order valence-corrected chi connectivity index (χ3v) is 7.36. The van der Waals surface area contributed by atoms with Crippen molar-refractivity contribution in [3.05, 3.63) is 102 Å². The van der Waals surface area contributed by atoms with Crippen molar-refractivity contribution in [1.82, 2.24) is 44.6 Å². The Bertz CT molecular complexity index is 1940. The average Bonchev–Trinajstić information content (AvgIpc) is 3.72. The number of imidazole rings is 1. The van der Waals surface area contributed by atoms with Gasteiger partial charge in [-0.1, -0.05) is 6.07 Å². The quantitative estimate of drug-likeness (QED) is 0.332. The normalized spacial score (nSPS) is 14.3. The number of carbonyl (C=O) groups excluding carboxylic acids is 1. The second kappa shape index (κ2) is 9.63. The van der Waals surface area contributed by atoms with Crippen molar-refractivity contribution in [2.75, 3.05) is 5.73 Å². The molecular weight excluding hydrogens is 516 g/mol. The minimum atomic E-state index is -0.220. The number of carbonyl (C=O) groups is 1. The molecule has 11 heteroatoms. The number of nitrogens with one attached hydrogen (secondary N) is 1. The molecule has 0 fully saturated rings. The summed E-state index contributed by atoms with van der Waals surface area (Å²) in [5.41, 5.74) is 13.3. The highest BCUT2D eigenvalue weighted by Gasteiger charge is 2.27. The zero-order chi connectivity index (χ0) is 28.1. The summed E-state index contributed by atoms with van der Waals surface area (Å²) < 4.78 is 3.72. The zero-order valence-corrected chi connectivity index (χ0v) is 22.5. The van der Waals surface area contributed by atoms with Gasteiger partial charge in [0.1, 0.15) is 17.0 Å². The molecular formula is C30H26N10O. The lowest BCUT2D eigenvalue weighted by molar-refractivity contribution is 0.0930. The minimum Gasteiger partial charge on any atom is -0.383 e. The summed E-state index contributed by atoms with van der Waals surface area (Å²) in [6.45, 7) is 3.66.